The van der Waals surface area contributed by atoms with Gasteiger partial charge in [0.15, 0.2) is 0 Å². The highest BCUT2D eigenvalue weighted by Crippen LogP contribution is 2.00. The Morgan fingerprint density at radius 3 is 2.33 bits per heavy atom. The number of nitrogens with one attached hydrogen (secondary N) is 1. The number of nitrogens with zero attached hydrogens (tertiary/aromatic N) is 1. The molecule has 0 amide bonds. The molecule has 0 aliphatic rings. The van der Waals surface area contributed by atoms with Gasteiger partial charge in [-0.2, -0.15) is 0 Å². The summed E-state index contributed by atoms with van der Waals surface area (Å²) < 4.78 is 0. The second kappa shape index (κ2) is 6.37. The van der Waals surface area contributed by atoms with E-state index in [1.54, 1.807) is 0 Å². The second-order valence-electron chi connectivity index (χ2n) is 3.02. The zero-order valence-corrected chi connectivity index (χ0v) is 8.12. The SMILES string of the molecule is CNC(CO)[C@H](C)N(C)CCO. The summed E-state index contributed by atoms with van der Waals surface area (Å²) in [5, 5.41) is 20.7. The fourth-order valence-electron chi connectivity index (χ4n) is 1.15. The maximum Gasteiger partial charge on any atom is 0.0599 e. The third kappa shape index (κ3) is 3.49. The maximum absolute atomic E-state index is 8.96. The predicted octanol–water partition coefficient (Wildman–Crippen LogP) is -1.12. The van der Waals surface area contributed by atoms with Gasteiger partial charge in [0.2, 0.25) is 0 Å². The number of hydrogen-bond donors (Lipinski definition) is 3. The molecule has 0 heterocycles. The summed E-state index contributed by atoms with van der Waals surface area (Å²) in [6, 6.07) is 0.300. The summed E-state index contributed by atoms with van der Waals surface area (Å²) >= 11 is 0. The third-order valence-electron chi connectivity index (χ3n) is 2.30. The van der Waals surface area contributed by atoms with Crippen molar-refractivity contribution >= 4 is 0 Å². The van der Waals surface area contributed by atoms with Crippen molar-refractivity contribution < 1.29 is 10.2 Å². The van der Waals surface area contributed by atoms with E-state index >= 15 is 0 Å². The van der Waals surface area contributed by atoms with Crippen molar-refractivity contribution in [2.75, 3.05) is 33.9 Å². The molecule has 4 nitrogen and oxygen atoms in total. The Balaban J connectivity index is 3.87. The van der Waals surface area contributed by atoms with Crippen molar-refractivity contribution in [3.05, 3.63) is 0 Å². The zero-order chi connectivity index (χ0) is 9.56. The molecule has 0 aliphatic carbocycles. The first-order valence-corrected chi connectivity index (χ1v) is 4.26. The van der Waals surface area contributed by atoms with E-state index in [0.29, 0.717) is 6.54 Å². The molecule has 2 atom stereocenters. The van der Waals surface area contributed by atoms with E-state index in [-0.39, 0.29) is 25.3 Å². The normalized spacial score (nSPS) is 16.5. The van der Waals surface area contributed by atoms with E-state index in [1.807, 2.05) is 25.9 Å². The van der Waals surface area contributed by atoms with Crippen molar-refractivity contribution in [3.63, 3.8) is 0 Å². The monoisotopic (exact) mass is 176 g/mol. The molecule has 0 saturated carbocycles. The van der Waals surface area contributed by atoms with Gasteiger partial charge in [0.1, 0.15) is 0 Å². The molecule has 0 aromatic carbocycles. The van der Waals surface area contributed by atoms with Gasteiger partial charge in [0.05, 0.1) is 13.2 Å². The summed E-state index contributed by atoms with van der Waals surface area (Å²) in [6.45, 7) is 2.93. The number of likely N-dealkylation sites (N-methyl/N-ethyl adjacent to an activating group) is 2. The standard InChI is InChI=1S/C8H20N2O2/c1-7(8(6-12)9-2)10(3)4-5-11/h7-9,11-12H,4-6H2,1-3H3/t7-,8?/m0/s1. The minimum absolute atomic E-state index is 0.0709. The minimum Gasteiger partial charge on any atom is -0.395 e. The van der Waals surface area contributed by atoms with Gasteiger partial charge in [-0.3, -0.25) is 4.90 Å². The van der Waals surface area contributed by atoms with Crippen LogP contribution in [0.5, 0.6) is 0 Å². The highest BCUT2D eigenvalue weighted by atomic mass is 16.3. The van der Waals surface area contributed by atoms with Gasteiger partial charge in [0.25, 0.3) is 0 Å². The Bertz CT molecular complexity index is 107. The van der Waals surface area contributed by atoms with Crippen LogP contribution in [-0.4, -0.2) is 61.1 Å². The fraction of sp³-hybridized carbons (Fsp3) is 1.00. The van der Waals surface area contributed by atoms with Crippen LogP contribution in [0.1, 0.15) is 6.92 Å². The molecule has 0 aromatic rings. The number of aliphatic hydroxyl groups is 2. The summed E-state index contributed by atoms with van der Waals surface area (Å²) in [6.07, 6.45) is 0. The fourth-order valence-corrected chi connectivity index (χ4v) is 1.15. The quantitative estimate of drug-likeness (QED) is 0.480. The highest BCUT2D eigenvalue weighted by molar-refractivity contribution is 4.77. The maximum atomic E-state index is 8.96. The Morgan fingerprint density at radius 1 is 1.42 bits per heavy atom. The molecule has 1 unspecified atom stereocenters. The predicted molar refractivity (Wildman–Crippen MR) is 49.1 cm³/mol. The molecule has 0 aliphatic heterocycles. The van der Waals surface area contributed by atoms with Crippen molar-refractivity contribution in [3.8, 4) is 0 Å². The number of rotatable bonds is 6. The van der Waals surface area contributed by atoms with Gasteiger partial charge >= 0.3 is 0 Å². The first-order chi connectivity index (χ1) is 5.67. The summed E-state index contributed by atoms with van der Waals surface area (Å²) in [5.41, 5.74) is 0. The molecule has 0 aromatic heterocycles. The number of aliphatic hydroxyl groups excluding tert-OH is 2. The molecule has 12 heavy (non-hydrogen) atoms. The van der Waals surface area contributed by atoms with E-state index in [0.717, 1.165) is 0 Å². The average Bonchev–Trinajstić information content (AvgIpc) is 2.07. The summed E-state index contributed by atoms with van der Waals surface area (Å²) in [4.78, 5) is 2.01. The van der Waals surface area contributed by atoms with Gasteiger partial charge in [-0.25, -0.2) is 0 Å². The Kier molecular flexibility index (Phi) is 6.28. The minimum atomic E-state index is 0.0709. The molecule has 0 rings (SSSR count). The van der Waals surface area contributed by atoms with Gasteiger partial charge in [-0.05, 0) is 21.0 Å². The summed E-state index contributed by atoms with van der Waals surface area (Å²) in [5.74, 6) is 0. The lowest BCUT2D eigenvalue weighted by Gasteiger charge is -2.30. The van der Waals surface area contributed by atoms with Gasteiger partial charge < -0.3 is 15.5 Å². The van der Waals surface area contributed by atoms with Gasteiger partial charge in [0, 0.05) is 18.6 Å². The lowest BCUT2D eigenvalue weighted by atomic mass is 10.1. The molecule has 74 valence electrons. The van der Waals surface area contributed by atoms with Crippen LogP contribution in [0, 0.1) is 0 Å². The van der Waals surface area contributed by atoms with E-state index in [9.17, 15) is 0 Å². The first-order valence-electron chi connectivity index (χ1n) is 4.26. The van der Waals surface area contributed by atoms with Crippen LogP contribution in [0.4, 0.5) is 0 Å². The van der Waals surface area contributed by atoms with Crippen molar-refractivity contribution in [1.29, 1.82) is 0 Å². The Morgan fingerprint density at radius 2 is 2.00 bits per heavy atom. The molecule has 0 fully saturated rings. The molecule has 3 N–H and O–H groups in total. The molecule has 0 saturated heterocycles. The van der Waals surface area contributed by atoms with Crippen LogP contribution in [-0.2, 0) is 0 Å². The molecule has 0 bridgehead atoms. The zero-order valence-electron chi connectivity index (χ0n) is 8.12. The average molecular weight is 176 g/mol. The van der Waals surface area contributed by atoms with Crippen LogP contribution in [0.2, 0.25) is 0 Å². The first kappa shape index (κ1) is 11.8. The number of hydrogen-bond acceptors (Lipinski definition) is 4. The van der Waals surface area contributed by atoms with E-state index in [4.69, 9.17) is 10.2 Å². The van der Waals surface area contributed by atoms with Crippen LogP contribution in [0.15, 0.2) is 0 Å². The lowest BCUT2D eigenvalue weighted by molar-refractivity contribution is 0.132. The van der Waals surface area contributed by atoms with Crippen LogP contribution in [0.3, 0.4) is 0 Å². The molecule has 0 spiro atoms. The van der Waals surface area contributed by atoms with Crippen molar-refractivity contribution in [1.82, 2.24) is 10.2 Å². The molecular weight excluding hydrogens is 156 g/mol. The summed E-state index contributed by atoms with van der Waals surface area (Å²) in [7, 11) is 3.76. The van der Waals surface area contributed by atoms with Crippen LogP contribution < -0.4 is 5.32 Å². The largest absolute Gasteiger partial charge is 0.395 e. The van der Waals surface area contributed by atoms with Crippen LogP contribution in [0.25, 0.3) is 0 Å². The van der Waals surface area contributed by atoms with E-state index < -0.39 is 0 Å². The Labute approximate surface area is 74.2 Å². The van der Waals surface area contributed by atoms with Crippen molar-refractivity contribution in [2.24, 2.45) is 0 Å². The van der Waals surface area contributed by atoms with E-state index in [1.165, 1.54) is 0 Å². The van der Waals surface area contributed by atoms with E-state index in [2.05, 4.69) is 5.32 Å². The topological polar surface area (TPSA) is 55.7 Å². The van der Waals surface area contributed by atoms with Crippen LogP contribution >= 0.6 is 0 Å². The highest BCUT2D eigenvalue weighted by Gasteiger charge is 2.17. The Hall–Kier alpha value is -0.160. The van der Waals surface area contributed by atoms with Crippen molar-refractivity contribution in [2.45, 2.75) is 19.0 Å². The smallest absolute Gasteiger partial charge is 0.0599 e. The molecular formula is C8H20N2O2. The van der Waals surface area contributed by atoms with Gasteiger partial charge in [-0.15, -0.1) is 0 Å². The molecule has 4 heteroatoms. The van der Waals surface area contributed by atoms with Gasteiger partial charge in [-0.1, -0.05) is 0 Å². The third-order valence-corrected chi connectivity index (χ3v) is 2.30. The lowest BCUT2D eigenvalue weighted by Crippen LogP contribution is -2.48. The second-order valence-corrected chi connectivity index (χ2v) is 3.02. The molecule has 0 radical (unpaired) electrons.